The molecule has 0 spiro atoms. The van der Waals surface area contributed by atoms with Crippen molar-refractivity contribution in [2.45, 2.75) is 25.8 Å². The first-order valence-electron chi connectivity index (χ1n) is 5.34. The lowest BCUT2D eigenvalue weighted by atomic mass is 10.1. The van der Waals surface area contributed by atoms with Crippen molar-refractivity contribution in [3.05, 3.63) is 29.0 Å². The first kappa shape index (κ1) is 9.85. The summed E-state index contributed by atoms with van der Waals surface area (Å²) < 4.78 is 2.11. The average molecular weight is 235 g/mol. The number of hydrogen-bond donors (Lipinski definition) is 0. The lowest BCUT2D eigenvalue weighted by Gasteiger charge is -2.04. The molecule has 1 aromatic heterocycles. The molecule has 3 nitrogen and oxygen atoms in total. The Morgan fingerprint density at radius 1 is 1.50 bits per heavy atom. The van der Waals surface area contributed by atoms with Crippen LogP contribution in [0.4, 0.5) is 0 Å². The van der Waals surface area contributed by atoms with Gasteiger partial charge in [0.25, 0.3) is 0 Å². The standard InChI is InChI=1S/C12H11ClN2O/c1-7(16)8-4-10(13)12-11(5-8)14-6-15(12)9-2-3-9/h4-6,9H,2-3H2,1H3. The van der Waals surface area contributed by atoms with Crippen molar-refractivity contribution in [3.63, 3.8) is 0 Å². The van der Waals surface area contributed by atoms with Crippen molar-refractivity contribution < 1.29 is 4.79 Å². The number of carbonyl (C=O) groups excluding carboxylic acids is 1. The van der Waals surface area contributed by atoms with E-state index >= 15 is 0 Å². The van der Waals surface area contributed by atoms with Crippen LogP contribution in [0, 0.1) is 0 Å². The molecule has 0 saturated heterocycles. The van der Waals surface area contributed by atoms with E-state index < -0.39 is 0 Å². The number of rotatable bonds is 2. The number of imidazole rings is 1. The van der Waals surface area contributed by atoms with Crippen LogP contribution in [0.15, 0.2) is 18.5 Å². The zero-order chi connectivity index (χ0) is 11.3. The molecule has 1 aliphatic carbocycles. The third-order valence-electron chi connectivity index (χ3n) is 2.97. The maximum Gasteiger partial charge on any atom is 0.159 e. The average Bonchev–Trinajstić information content (AvgIpc) is 2.98. The Balaban J connectivity index is 2.25. The first-order chi connectivity index (χ1) is 7.66. The summed E-state index contributed by atoms with van der Waals surface area (Å²) in [5.41, 5.74) is 2.39. The molecule has 0 amide bonds. The lowest BCUT2D eigenvalue weighted by Crippen LogP contribution is -1.95. The molecule has 3 rings (SSSR count). The van der Waals surface area contributed by atoms with E-state index in [9.17, 15) is 4.79 Å². The molecule has 0 aliphatic heterocycles. The van der Waals surface area contributed by atoms with E-state index in [0.717, 1.165) is 11.0 Å². The molecule has 0 radical (unpaired) electrons. The van der Waals surface area contributed by atoms with Crippen LogP contribution in [0.3, 0.4) is 0 Å². The Kier molecular flexibility index (Phi) is 2.04. The predicted octanol–water partition coefficient (Wildman–Crippen LogP) is 3.23. The third-order valence-corrected chi connectivity index (χ3v) is 3.26. The highest BCUT2D eigenvalue weighted by molar-refractivity contribution is 6.35. The van der Waals surface area contributed by atoms with Gasteiger partial charge in [-0.15, -0.1) is 0 Å². The minimum absolute atomic E-state index is 0.0183. The van der Waals surface area contributed by atoms with Crippen LogP contribution in [-0.2, 0) is 0 Å². The van der Waals surface area contributed by atoms with E-state index in [1.807, 2.05) is 12.4 Å². The minimum atomic E-state index is 0.0183. The zero-order valence-electron chi connectivity index (χ0n) is 8.90. The van der Waals surface area contributed by atoms with Gasteiger partial charge in [0, 0.05) is 11.6 Å². The van der Waals surface area contributed by atoms with Gasteiger partial charge in [-0.2, -0.15) is 0 Å². The van der Waals surface area contributed by atoms with Crippen LogP contribution in [0.1, 0.15) is 36.2 Å². The Morgan fingerprint density at radius 3 is 2.88 bits per heavy atom. The van der Waals surface area contributed by atoms with Gasteiger partial charge in [0.05, 0.1) is 22.4 Å². The van der Waals surface area contributed by atoms with Gasteiger partial charge in [0.2, 0.25) is 0 Å². The van der Waals surface area contributed by atoms with E-state index in [-0.39, 0.29) is 5.78 Å². The Bertz CT molecular complexity index is 584. The second kappa shape index (κ2) is 3.32. The number of ketones is 1. The first-order valence-corrected chi connectivity index (χ1v) is 5.71. The van der Waals surface area contributed by atoms with Crippen molar-refractivity contribution >= 4 is 28.4 Å². The molecule has 1 heterocycles. The molecule has 1 fully saturated rings. The molecule has 1 saturated carbocycles. The molecule has 0 atom stereocenters. The predicted molar refractivity (Wildman–Crippen MR) is 63.0 cm³/mol. The molecule has 1 aliphatic rings. The van der Waals surface area contributed by atoms with Gasteiger partial charge in [-0.25, -0.2) is 4.98 Å². The molecule has 2 aromatic rings. The summed E-state index contributed by atoms with van der Waals surface area (Å²) in [5.74, 6) is 0.0183. The summed E-state index contributed by atoms with van der Waals surface area (Å²) in [6.45, 7) is 1.54. The number of fused-ring (bicyclic) bond motifs is 1. The van der Waals surface area contributed by atoms with Crippen molar-refractivity contribution in [1.82, 2.24) is 9.55 Å². The van der Waals surface area contributed by atoms with E-state index in [4.69, 9.17) is 11.6 Å². The van der Waals surface area contributed by atoms with E-state index in [2.05, 4.69) is 9.55 Å². The second-order valence-corrected chi connectivity index (χ2v) is 4.67. The van der Waals surface area contributed by atoms with Gasteiger partial charge >= 0.3 is 0 Å². The molecule has 16 heavy (non-hydrogen) atoms. The third kappa shape index (κ3) is 1.43. The molecular weight excluding hydrogens is 224 g/mol. The fraction of sp³-hybridized carbons (Fsp3) is 0.333. The van der Waals surface area contributed by atoms with Gasteiger partial charge in [0.1, 0.15) is 0 Å². The highest BCUT2D eigenvalue weighted by atomic mass is 35.5. The highest BCUT2D eigenvalue weighted by Gasteiger charge is 2.26. The minimum Gasteiger partial charge on any atom is -0.326 e. The maximum absolute atomic E-state index is 11.3. The number of hydrogen-bond acceptors (Lipinski definition) is 2. The summed E-state index contributed by atoms with van der Waals surface area (Å²) in [7, 11) is 0. The highest BCUT2D eigenvalue weighted by Crippen LogP contribution is 2.39. The second-order valence-electron chi connectivity index (χ2n) is 4.27. The summed E-state index contributed by atoms with van der Waals surface area (Å²) in [6, 6.07) is 4.08. The molecule has 4 heteroatoms. The topological polar surface area (TPSA) is 34.9 Å². The zero-order valence-corrected chi connectivity index (χ0v) is 9.66. The summed E-state index contributed by atoms with van der Waals surface area (Å²) in [4.78, 5) is 15.6. The quantitative estimate of drug-likeness (QED) is 0.748. The van der Waals surface area contributed by atoms with E-state index in [1.54, 1.807) is 6.07 Å². The summed E-state index contributed by atoms with van der Waals surface area (Å²) in [5, 5.41) is 0.618. The lowest BCUT2D eigenvalue weighted by molar-refractivity contribution is 0.101. The van der Waals surface area contributed by atoms with Crippen molar-refractivity contribution in [2.75, 3.05) is 0 Å². The van der Waals surface area contributed by atoms with Gasteiger partial charge < -0.3 is 4.57 Å². The number of carbonyl (C=O) groups is 1. The molecule has 82 valence electrons. The number of Topliss-reactive ketones (excluding diaryl/α,β-unsaturated/α-hetero) is 1. The smallest absolute Gasteiger partial charge is 0.159 e. The van der Waals surface area contributed by atoms with Gasteiger partial charge in [-0.3, -0.25) is 4.79 Å². The van der Waals surface area contributed by atoms with Crippen LogP contribution in [0.5, 0.6) is 0 Å². The van der Waals surface area contributed by atoms with Crippen LogP contribution >= 0.6 is 11.6 Å². The Hall–Kier alpha value is -1.35. The Labute approximate surface area is 98.0 Å². The van der Waals surface area contributed by atoms with Gasteiger partial charge in [-0.1, -0.05) is 11.6 Å². The molecule has 0 N–H and O–H groups in total. The summed E-state index contributed by atoms with van der Waals surface area (Å²) in [6.07, 6.45) is 4.20. The van der Waals surface area contributed by atoms with Crippen molar-refractivity contribution in [1.29, 1.82) is 0 Å². The summed E-state index contributed by atoms with van der Waals surface area (Å²) >= 11 is 6.21. The van der Waals surface area contributed by atoms with Crippen LogP contribution < -0.4 is 0 Å². The van der Waals surface area contributed by atoms with Gasteiger partial charge in [-0.05, 0) is 31.9 Å². The van der Waals surface area contributed by atoms with E-state index in [1.165, 1.54) is 19.8 Å². The van der Waals surface area contributed by atoms with Crippen molar-refractivity contribution in [3.8, 4) is 0 Å². The number of nitrogens with zero attached hydrogens (tertiary/aromatic N) is 2. The van der Waals surface area contributed by atoms with Crippen LogP contribution in [0.2, 0.25) is 5.02 Å². The largest absolute Gasteiger partial charge is 0.326 e. The van der Waals surface area contributed by atoms with Crippen LogP contribution in [0.25, 0.3) is 11.0 Å². The fourth-order valence-electron chi connectivity index (χ4n) is 1.95. The van der Waals surface area contributed by atoms with Crippen LogP contribution in [-0.4, -0.2) is 15.3 Å². The Morgan fingerprint density at radius 2 is 2.25 bits per heavy atom. The molecular formula is C12H11ClN2O. The SMILES string of the molecule is CC(=O)c1cc(Cl)c2c(c1)ncn2C1CC1. The van der Waals surface area contributed by atoms with Gasteiger partial charge in [0.15, 0.2) is 5.78 Å². The number of benzene rings is 1. The van der Waals surface area contributed by atoms with Crippen molar-refractivity contribution in [2.24, 2.45) is 0 Å². The number of aromatic nitrogens is 2. The molecule has 0 bridgehead atoms. The fourth-order valence-corrected chi connectivity index (χ4v) is 2.27. The normalized spacial score (nSPS) is 15.6. The monoisotopic (exact) mass is 234 g/mol. The van der Waals surface area contributed by atoms with E-state index in [0.29, 0.717) is 16.6 Å². The number of halogens is 1. The maximum atomic E-state index is 11.3. The molecule has 1 aromatic carbocycles. The molecule has 0 unspecified atom stereocenters.